The van der Waals surface area contributed by atoms with Crippen LogP contribution in [0, 0.1) is 11.8 Å². The summed E-state index contributed by atoms with van der Waals surface area (Å²) in [5, 5.41) is 3.49. The van der Waals surface area contributed by atoms with Crippen molar-refractivity contribution in [2.75, 3.05) is 6.54 Å². The van der Waals surface area contributed by atoms with E-state index in [9.17, 15) is 0 Å². The zero-order chi connectivity index (χ0) is 5.56. The van der Waals surface area contributed by atoms with Crippen LogP contribution in [0.3, 0.4) is 0 Å². The standard InChI is InChI=1S/C7H13N/c1-2-6-5-3-7(6)8-4-5/h5-8H,2-4H2,1H3. The van der Waals surface area contributed by atoms with Gasteiger partial charge in [-0.2, -0.15) is 0 Å². The molecule has 46 valence electrons. The van der Waals surface area contributed by atoms with Gasteiger partial charge in [-0.15, -0.1) is 0 Å². The molecule has 2 heterocycles. The summed E-state index contributed by atoms with van der Waals surface area (Å²) in [6.45, 7) is 3.61. The summed E-state index contributed by atoms with van der Waals surface area (Å²) in [6, 6.07) is 0.921. The van der Waals surface area contributed by atoms with Crippen LogP contribution >= 0.6 is 0 Å². The van der Waals surface area contributed by atoms with Crippen molar-refractivity contribution in [3.8, 4) is 0 Å². The summed E-state index contributed by atoms with van der Waals surface area (Å²) >= 11 is 0. The lowest BCUT2D eigenvalue weighted by Crippen LogP contribution is -2.36. The van der Waals surface area contributed by atoms with Gasteiger partial charge in [-0.1, -0.05) is 13.3 Å². The number of hydrogen-bond acceptors (Lipinski definition) is 1. The molecule has 2 bridgehead atoms. The monoisotopic (exact) mass is 111 g/mol. The van der Waals surface area contributed by atoms with Crippen molar-refractivity contribution in [1.29, 1.82) is 0 Å². The molecule has 2 aliphatic heterocycles. The fourth-order valence-electron chi connectivity index (χ4n) is 2.20. The second-order valence-electron chi connectivity index (χ2n) is 3.08. The van der Waals surface area contributed by atoms with E-state index in [1.165, 1.54) is 19.4 Å². The van der Waals surface area contributed by atoms with E-state index in [1.807, 2.05) is 0 Å². The highest BCUT2D eigenvalue weighted by Gasteiger charge is 2.44. The van der Waals surface area contributed by atoms with Crippen LogP contribution in [0.1, 0.15) is 19.8 Å². The Bertz CT molecular complexity index is 86.6. The van der Waals surface area contributed by atoms with Crippen molar-refractivity contribution < 1.29 is 0 Å². The zero-order valence-corrected chi connectivity index (χ0v) is 5.35. The van der Waals surface area contributed by atoms with Crippen molar-refractivity contribution >= 4 is 0 Å². The van der Waals surface area contributed by atoms with E-state index < -0.39 is 0 Å². The molecule has 3 atom stereocenters. The van der Waals surface area contributed by atoms with Crippen LogP contribution in [-0.2, 0) is 0 Å². The Labute approximate surface area is 50.5 Å². The Kier molecular flexibility index (Phi) is 0.884. The van der Waals surface area contributed by atoms with Crippen LogP contribution in [0.2, 0.25) is 0 Å². The SMILES string of the molecule is CCC1C2CNC1C2. The molecule has 3 aliphatic rings. The third kappa shape index (κ3) is 0.408. The molecule has 3 rings (SSSR count). The van der Waals surface area contributed by atoms with Gasteiger partial charge in [-0.05, 0) is 24.8 Å². The molecule has 0 spiro atoms. The predicted octanol–water partition coefficient (Wildman–Crippen LogP) is 1.00. The second-order valence-corrected chi connectivity index (χ2v) is 3.08. The van der Waals surface area contributed by atoms with Gasteiger partial charge in [0.1, 0.15) is 0 Å². The van der Waals surface area contributed by atoms with Crippen molar-refractivity contribution in [1.82, 2.24) is 5.32 Å². The molecule has 1 nitrogen and oxygen atoms in total. The third-order valence-corrected chi connectivity index (χ3v) is 2.79. The van der Waals surface area contributed by atoms with Crippen LogP contribution in [0.5, 0.6) is 0 Å². The molecule has 0 radical (unpaired) electrons. The molecule has 3 fully saturated rings. The Hall–Kier alpha value is -0.0400. The molecular weight excluding hydrogens is 98.1 g/mol. The first kappa shape index (κ1) is 4.80. The Morgan fingerprint density at radius 2 is 2.50 bits per heavy atom. The van der Waals surface area contributed by atoms with E-state index in [1.54, 1.807) is 0 Å². The molecule has 1 N–H and O–H groups in total. The lowest BCUT2D eigenvalue weighted by Gasteiger charge is -2.33. The zero-order valence-electron chi connectivity index (χ0n) is 5.35. The van der Waals surface area contributed by atoms with Gasteiger partial charge in [-0.3, -0.25) is 0 Å². The number of fused-ring (bicyclic) bond motifs is 1. The van der Waals surface area contributed by atoms with Gasteiger partial charge in [0.25, 0.3) is 0 Å². The molecule has 1 heteroatoms. The van der Waals surface area contributed by atoms with Crippen molar-refractivity contribution in [2.24, 2.45) is 11.8 Å². The normalized spacial score (nSPS) is 51.4. The first-order valence-electron chi connectivity index (χ1n) is 3.65. The minimum Gasteiger partial charge on any atom is -0.313 e. The largest absolute Gasteiger partial charge is 0.313 e. The minimum atomic E-state index is 0.921. The third-order valence-electron chi connectivity index (χ3n) is 2.79. The van der Waals surface area contributed by atoms with Crippen molar-refractivity contribution in [3.63, 3.8) is 0 Å². The molecule has 1 saturated carbocycles. The lowest BCUT2D eigenvalue weighted by molar-refractivity contribution is 0.209. The van der Waals surface area contributed by atoms with Gasteiger partial charge in [0.05, 0.1) is 0 Å². The maximum absolute atomic E-state index is 3.49. The molecule has 2 saturated heterocycles. The molecule has 0 aromatic rings. The molecule has 0 aromatic carbocycles. The predicted molar refractivity (Wildman–Crippen MR) is 33.7 cm³/mol. The molecule has 3 unspecified atom stereocenters. The van der Waals surface area contributed by atoms with Gasteiger partial charge < -0.3 is 5.32 Å². The topological polar surface area (TPSA) is 12.0 Å². The fraction of sp³-hybridized carbons (Fsp3) is 1.00. The maximum Gasteiger partial charge on any atom is 0.0102 e. The van der Waals surface area contributed by atoms with E-state index in [0.717, 1.165) is 17.9 Å². The molecule has 1 aliphatic carbocycles. The number of rotatable bonds is 1. The molecule has 0 aromatic heterocycles. The van der Waals surface area contributed by atoms with E-state index in [2.05, 4.69) is 12.2 Å². The lowest BCUT2D eigenvalue weighted by atomic mass is 9.73. The van der Waals surface area contributed by atoms with E-state index in [4.69, 9.17) is 0 Å². The molecule has 8 heavy (non-hydrogen) atoms. The second kappa shape index (κ2) is 1.47. The summed E-state index contributed by atoms with van der Waals surface area (Å²) in [5.74, 6) is 2.11. The smallest absolute Gasteiger partial charge is 0.0102 e. The summed E-state index contributed by atoms with van der Waals surface area (Å²) in [6.07, 6.45) is 2.86. The van der Waals surface area contributed by atoms with Gasteiger partial charge in [0.2, 0.25) is 0 Å². The van der Waals surface area contributed by atoms with Crippen LogP contribution in [0.4, 0.5) is 0 Å². The van der Waals surface area contributed by atoms with Gasteiger partial charge in [0, 0.05) is 6.04 Å². The number of nitrogens with one attached hydrogen (secondary N) is 1. The Morgan fingerprint density at radius 1 is 1.62 bits per heavy atom. The Morgan fingerprint density at radius 3 is 2.75 bits per heavy atom. The van der Waals surface area contributed by atoms with Crippen molar-refractivity contribution in [2.45, 2.75) is 25.8 Å². The van der Waals surface area contributed by atoms with Crippen LogP contribution in [0.15, 0.2) is 0 Å². The average Bonchev–Trinajstić information content (AvgIpc) is 2.19. The minimum absolute atomic E-state index is 0.921. The Balaban J connectivity index is 2.02. The van der Waals surface area contributed by atoms with Crippen LogP contribution in [-0.4, -0.2) is 12.6 Å². The summed E-state index contributed by atoms with van der Waals surface area (Å²) in [4.78, 5) is 0. The van der Waals surface area contributed by atoms with E-state index in [-0.39, 0.29) is 0 Å². The van der Waals surface area contributed by atoms with Crippen molar-refractivity contribution in [3.05, 3.63) is 0 Å². The average molecular weight is 111 g/mol. The highest BCUT2D eigenvalue weighted by atomic mass is 15.0. The first-order chi connectivity index (χ1) is 3.92. The highest BCUT2D eigenvalue weighted by Crippen LogP contribution is 2.41. The van der Waals surface area contributed by atoms with E-state index >= 15 is 0 Å². The number of hydrogen-bond donors (Lipinski definition) is 1. The highest BCUT2D eigenvalue weighted by molar-refractivity contribution is 5.01. The van der Waals surface area contributed by atoms with E-state index in [0.29, 0.717) is 0 Å². The molecule has 0 amide bonds. The van der Waals surface area contributed by atoms with Crippen LogP contribution in [0.25, 0.3) is 0 Å². The van der Waals surface area contributed by atoms with Crippen LogP contribution < -0.4 is 5.32 Å². The summed E-state index contributed by atoms with van der Waals surface area (Å²) in [5.41, 5.74) is 0. The van der Waals surface area contributed by atoms with Gasteiger partial charge in [-0.25, -0.2) is 0 Å². The summed E-state index contributed by atoms with van der Waals surface area (Å²) in [7, 11) is 0. The molecular formula is C7H13N. The van der Waals surface area contributed by atoms with Gasteiger partial charge >= 0.3 is 0 Å². The first-order valence-corrected chi connectivity index (χ1v) is 3.65. The quantitative estimate of drug-likeness (QED) is 0.532. The van der Waals surface area contributed by atoms with Gasteiger partial charge in [0.15, 0.2) is 0 Å². The fourth-order valence-corrected chi connectivity index (χ4v) is 2.20. The summed E-state index contributed by atoms with van der Waals surface area (Å²) < 4.78 is 0. The maximum atomic E-state index is 3.49.